The van der Waals surface area contributed by atoms with Crippen LogP contribution in [0.25, 0.3) is 0 Å². The highest BCUT2D eigenvalue weighted by Gasteiger charge is 2.30. The first-order chi connectivity index (χ1) is 13.8. The molecule has 0 bridgehead atoms. The lowest BCUT2D eigenvalue weighted by Gasteiger charge is -2.24. The lowest BCUT2D eigenvalue weighted by atomic mass is 10.0. The Morgan fingerprint density at radius 1 is 0.966 bits per heavy atom. The molecule has 9 heteroatoms. The molecule has 1 rings (SSSR count). The molecule has 0 heterocycles. The van der Waals surface area contributed by atoms with Gasteiger partial charge in [0.1, 0.15) is 18.7 Å². The molecule has 29 heavy (non-hydrogen) atoms. The number of methoxy groups -OCH3 is 2. The van der Waals surface area contributed by atoms with Crippen LogP contribution >= 0.6 is 0 Å². The van der Waals surface area contributed by atoms with Crippen LogP contribution in [0.15, 0.2) is 30.3 Å². The highest BCUT2D eigenvalue weighted by Crippen LogP contribution is 2.07. The molecule has 1 aromatic rings. The van der Waals surface area contributed by atoms with Crippen LogP contribution in [-0.2, 0) is 35.2 Å². The van der Waals surface area contributed by atoms with Crippen molar-refractivity contribution in [3.05, 3.63) is 35.9 Å². The van der Waals surface area contributed by atoms with Crippen LogP contribution in [0.4, 0.5) is 4.79 Å². The molecule has 2 atom stereocenters. The van der Waals surface area contributed by atoms with Crippen LogP contribution in [0.3, 0.4) is 0 Å². The molecule has 0 fully saturated rings. The minimum Gasteiger partial charge on any atom is -0.469 e. The molecule has 2 N–H and O–H groups in total. The standard InChI is InChI=1S/C20H28N2O7/c1-13(2)17(22-20(26)29-12-14-8-6-5-7-9-14)18(24)21-15(19(25)28-4)10-11-16(23)27-3/h5-9,13,15,17H,10-12H2,1-4H3,(H,21,24)(H,22,26)/t15-,17+/m1/s1. The normalized spacial score (nSPS) is 12.4. The number of nitrogens with one attached hydrogen (secondary N) is 2. The van der Waals surface area contributed by atoms with Gasteiger partial charge >= 0.3 is 18.0 Å². The number of hydrogen-bond donors (Lipinski definition) is 2. The van der Waals surface area contributed by atoms with Crippen molar-refractivity contribution in [1.29, 1.82) is 0 Å². The van der Waals surface area contributed by atoms with Crippen molar-refractivity contribution in [2.24, 2.45) is 5.92 Å². The van der Waals surface area contributed by atoms with E-state index < -0.39 is 36.0 Å². The maximum absolute atomic E-state index is 12.6. The summed E-state index contributed by atoms with van der Waals surface area (Å²) in [6.07, 6.45) is -0.823. The number of benzene rings is 1. The van der Waals surface area contributed by atoms with Gasteiger partial charge in [0.05, 0.1) is 14.2 Å². The van der Waals surface area contributed by atoms with E-state index in [2.05, 4.69) is 20.1 Å². The minimum absolute atomic E-state index is 0.00829. The van der Waals surface area contributed by atoms with E-state index >= 15 is 0 Å². The molecule has 1 aromatic carbocycles. The number of carbonyl (C=O) groups is 4. The number of esters is 2. The third-order valence-electron chi connectivity index (χ3n) is 4.10. The molecule has 160 valence electrons. The summed E-state index contributed by atoms with van der Waals surface area (Å²) in [4.78, 5) is 48.0. The number of amides is 2. The number of ether oxygens (including phenoxy) is 3. The SMILES string of the molecule is COC(=O)CC[C@@H](NC(=O)[C@@H](NC(=O)OCc1ccccc1)C(C)C)C(=O)OC. The van der Waals surface area contributed by atoms with Crippen LogP contribution in [-0.4, -0.2) is 50.2 Å². The van der Waals surface area contributed by atoms with Gasteiger partial charge in [0, 0.05) is 6.42 Å². The van der Waals surface area contributed by atoms with Crippen molar-refractivity contribution in [1.82, 2.24) is 10.6 Å². The van der Waals surface area contributed by atoms with Crippen molar-refractivity contribution in [2.45, 2.75) is 45.4 Å². The summed E-state index contributed by atoms with van der Waals surface area (Å²) >= 11 is 0. The first-order valence-corrected chi connectivity index (χ1v) is 9.20. The Morgan fingerprint density at radius 3 is 2.17 bits per heavy atom. The van der Waals surface area contributed by atoms with E-state index in [1.165, 1.54) is 14.2 Å². The Labute approximate surface area is 170 Å². The first kappa shape index (κ1) is 23.9. The zero-order valence-corrected chi connectivity index (χ0v) is 17.1. The molecule has 2 amide bonds. The highest BCUT2D eigenvalue weighted by molar-refractivity contribution is 5.90. The van der Waals surface area contributed by atoms with E-state index in [0.29, 0.717) is 0 Å². The van der Waals surface area contributed by atoms with Crippen LogP contribution in [0.1, 0.15) is 32.3 Å². The highest BCUT2D eigenvalue weighted by atomic mass is 16.5. The quantitative estimate of drug-likeness (QED) is 0.445. The molecule has 0 saturated heterocycles. The van der Waals surface area contributed by atoms with Crippen LogP contribution in [0.2, 0.25) is 0 Å². The summed E-state index contributed by atoms with van der Waals surface area (Å²) in [5.41, 5.74) is 0.807. The number of hydrogen-bond acceptors (Lipinski definition) is 7. The Bertz CT molecular complexity index is 691. The third-order valence-corrected chi connectivity index (χ3v) is 4.10. The van der Waals surface area contributed by atoms with Crippen LogP contribution in [0.5, 0.6) is 0 Å². The van der Waals surface area contributed by atoms with Gasteiger partial charge in [0.15, 0.2) is 0 Å². The average molecular weight is 408 g/mol. The van der Waals surface area contributed by atoms with E-state index in [1.54, 1.807) is 13.8 Å². The summed E-state index contributed by atoms with van der Waals surface area (Å²) in [6.45, 7) is 3.54. The second-order valence-electron chi connectivity index (χ2n) is 6.63. The summed E-state index contributed by atoms with van der Waals surface area (Å²) < 4.78 is 14.4. The van der Waals surface area contributed by atoms with Gasteiger partial charge in [-0.1, -0.05) is 44.2 Å². The Balaban J connectivity index is 2.69. The van der Waals surface area contributed by atoms with Gasteiger partial charge in [-0.3, -0.25) is 9.59 Å². The van der Waals surface area contributed by atoms with Gasteiger partial charge in [-0.15, -0.1) is 0 Å². The van der Waals surface area contributed by atoms with E-state index in [4.69, 9.17) is 4.74 Å². The molecule has 9 nitrogen and oxygen atoms in total. The molecular weight excluding hydrogens is 380 g/mol. The fourth-order valence-corrected chi connectivity index (χ4v) is 2.44. The first-order valence-electron chi connectivity index (χ1n) is 9.20. The van der Waals surface area contributed by atoms with Crippen molar-refractivity contribution >= 4 is 23.9 Å². The predicted molar refractivity (Wildman–Crippen MR) is 104 cm³/mol. The fraction of sp³-hybridized carbons (Fsp3) is 0.500. The van der Waals surface area contributed by atoms with E-state index in [1.807, 2.05) is 30.3 Å². The summed E-state index contributed by atoms with van der Waals surface area (Å²) in [7, 11) is 2.41. The topological polar surface area (TPSA) is 120 Å². The summed E-state index contributed by atoms with van der Waals surface area (Å²) in [5.74, 6) is -2.08. The van der Waals surface area contributed by atoms with Gasteiger partial charge in [-0.25, -0.2) is 9.59 Å². The predicted octanol–water partition coefficient (Wildman–Crippen LogP) is 1.55. The zero-order valence-electron chi connectivity index (χ0n) is 17.1. The van der Waals surface area contributed by atoms with Crippen molar-refractivity contribution in [3.8, 4) is 0 Å². The fourth-order valence-electron chi connectivity index (χ4n) is 2.44. The maximum Gasteiger partial charge on any atom is 0.408 e. The Hall–Kier alpha value is -3.10. The third kappa shape index (κ3) is 8.63. The second-order valence-corrected chi connectivity index (χ2v) is 6.63. The van der Waals surface area contributed by atoms with E-state index in [9.17, 15) is 19.2 Å². The Morgan fingerprint density at radius 2 is 1.62 bits per heavy atom. The van der Waals surface area contributed by atoms with Crippen LogP contribution in [0, 0.1) is 5.92 Å². The smallest absolute Gasteiger partial charge is 0.408 e. The average Bonchev–Trinajstić information content (AvgIpc) is 2.72. The molecule has 0 aliphatic heterocycles. The minimum atomic E-state index is -1.05. The van der Waals surface area contributed by atoms with Gasteiger partial charge in [0.2, 0.25) is 5.91 Å². The molecule has 0 aliphatic rings. The van der Waals surface area contributed by atoms with Crippen molar-refractivity contribution in [2.75, 3.05) is 14.2 Å². The molecule has 0 aromatic heterocycles. The summed E-state index contributed by atoms with van der Waals surface area (Å²) in [5, 5.41) is 5.02. The van der Waals surface area contributed by atoms with Gasteiger partial charge in [-0.05, 0) is 17.9 Å². The Kier molecular flexibility index (Phi) is 10.2. The molecule has 0 spiro atoms. The number of alkyl carbamates (subject to hydrolysis) is 1. The van der Waals surface area contributed by atoms with Crippen molar-refractivity contribution in [3.63, 3.8) is 0 Å². The van der Waals surface area contributed by atoms with E-state index in [-0.39, 0.29) is 25.4 Å². The van der Waals surface area contributed by atoms with Gasteiger partial charge in [-0.2, -0.15) is 0 Å². The summed E-state index contributed by atoms with van der Waals surface area (Å²) in [6, 6.07) is 7.12. The number of rotatable bonds is 10. The molecule has 0 unspecified atom stereocenters. The molecule has 0 radical (unpaired) electrons. The zero-order chi connectivity index (χ0) is 21.8. The second kappa shape index (κ2) is 12.4. The largest absolute Gasteiger partial charge is 0.469 e. The molecule has 0 aliphatic carbocycles. The van der Waals surface area contributed by atoms with Crippen LogP contribution < -0.4 is 10.6 Å². The van der Waals surface area contributed by atoms with Crippen molar-refractivity contribution < 1.29 is 33.4 Å². The van der Waals surface area contributed by atoms with E-state index in [0.717, 1.165) is 5.56 Å². The lowest BCUT2D eigenvalue weighted by molar-refractivity contribution is -0.146. The molecule has 0 saturated carbocycles. The lowest BCUT2D eigenvalue weighted by Crippen LogP contribution is -2.54. The van der Waals surface area contributed by atoms with Gasteiger partial charge < -0.3 is 24.8 Å². The molecular formula is C20H28N2O7. The maximum atomic E-state index is 12.6. The number of carbonyl (C=O) groups excluding carboxylic acids is 4. The monoisotopic (exact) mass is 408 g/mol. The van der Waals surface area contributed by atoms with Gasteiger partial charge in [0.25, 0.3) is 0 Å².